The molecule has 5 nitrogen and oxygen atoms in total. The minimum absolute atomic E-state index is 0.166. The van der Waals surface area contributed by atoms with E-state index in [-0.39, 0.29) is 11.9 Å². The van der Waals surface area contributed by atoms with Gasteiger partial charge in [0.15, 0.2) is 0 Å². The van der Waals surface area contributed by atoms with Gasteiger partial charge < -0.3 is 10.2 Å². The van der Waals surface area contributed by atoms with Gasteiger partial charge in [0.1, 0.15) is 11.2 Å². The van der Waals surface area contributed by atoms with Crippen molar-refractivity contribution >= 4 is 17.6 Å². The standard InChI is InChI=1S/C14H17N3O2/c1-10-2-4-11(5-3-10)17-8-6-14(7-9-17)12(18)15-13(19)16-14/h2-5H,6-9H2,1H3,(H2,15,16,18,19)/p+1. The average Bonchev–Trinajstić information content (AvgIpc) is 2.66. The van der Waals surface area contributed by atoms with Crippen LogP contribution in [-0.4, -0.2) is 30.6 Å². The summed E-state index contributed by atoms with van der Waals surface area (Å²) in [6.07, 6.45) is 1.38. The van der Waals surface area contributed by atoms with Crippen molar-refractivity contribution in [1.29, 1.82) is 0 Å². The molecule has 2 heterocycles. The second-order valence-corrected chi connectivity index (χ2v) is 5.46. The summed E-state index contributed by atoms with van der Waals surface area (Å²) in [6.45, 7) is 3.79. The first-order chi connectivity index (χ1) is 9.09. The van der Waals surface area contributed by atoms with E-state index in [1.165, 1.54) is 16.2 Å². The third kappa shape index (κ3) is 2.10. The zero-order chi connectivity index (χ0) is 13.5. The van der Waals surface area contributed by atoms with E-state index >= 15 is 0 Å². The van der Waals surface area contributed by atoms with Gasteiger partial charge in [0.05, 0.1) is 13.1 Å². The number of urea groups is 1. The van der Waals surface area contributed by atoms with Crippen molar-refractivity contribution < 1.29 is 14.5 Å². The van der Waals surface area contributed by atoms with Crippen molar-refractivity contribution in [3.05, 3.63) is 29.8 Å². The summed E-state index contributed by atoms with van der Waals surface area (Å²) in [7, 11) is 0. The summed E-state index contributed by atoms with van der Waals surface area (Å²) in [5, 5.41) is 5.13. The monoisotopic (exact) mass is 260 g/mol. The van der Waals surface area contributed by atoms with Crippen molar-refractivity contribution in [2.45, 2.75) is 25.3 Å². The Hall–Kier alpha value is -1.88. The third-order valence-electron chi connectivity index (χ3n) is 4.18. The van der Waals surface area contributed by atoms with Gasteiger partial charge in [-0.05, 0) is 19.1 Å². The lowest BCUT2D eigenvalue weighted by Gasteiger charge is -2.34. The van der Waals surface area contributed by atoms with E-state index < -0.39 is 5.54 Å². The fraction of sp³-hybridized carbons (Fsp3) is 0.429. The molecule has 0 bridgehead atoms. The zero-order valence-electron chi connectivity index (χ0n) is 11.0. The lowest BCUT2D eigenvalue weighted by Crippen LogP contribution is -3.09. The number of carbonyl (C=O) groups is 2. The maximum absolute atomic E-state index is 11.8. The third-order valence-corrected chi connectivity index (χ3v) is 4.18. The number of carbonyl (C=O) groups excluding carboxylic acids is 2. The predicted molar refractivity (Wildman–Crippen MR) is 70.2 cm³/mol. The highest BCUT2D eigenvalue weighted by Gasteiger charge is 2.49. The summed E-state index contributed by atoms with van der Waals surface area (Å²) in [4.78, 5) is 24.5. The molecule has 2 aliphatic heterocycles. The molecule has 0 unspecified atom stereocenters. The lowest BCUT2D eigenvalue weighted by atomic mass is 9.87. The van der Waals surface area contributed by atoms with Crippen LogP contribution < -0.4 is 15.5 Å². The molecule has 0 aliphatic carbocycles. The Kier molecular flexibility index (Phi) is 2.78. The fourth-order valence-electron chi connectivity index (χ4n) is 2.94. The first-order valence-electron chi connectivity index (χ1n) is 6.64. The molecular weight excluding hydrogens is 242 g/mol. The Labute approximate surface area is 112 Å². The Morgan fingerprint density at radius 1 is 1.11 bits per heavy atom. The minimum Gasteiger partial charge on any atom is -0.323 e. The van der Waals surface area contributed by atoms with Gasteiger partial charge in [0.25, 0.3) is 5.91 Å². The van der Waals surface area contributed by atoms with Crippen LogP contribution in [0.1, 0.15) is 18.4 Å². The van der Waals surface area contributed by atoms with Gasteiger partial charge >= 0.3 is 6.03 Å². The van der Waals surface area contributed by atoms with Crippen molar-refractivity contribution in [3.63, 3.8) is 0 Å². The molecular formula is C14H18N3O2+. The van der Waals surface area contributed by atoms with Gasteiger partial charge in [-0.3, -0.25) is 10.1 Å². The molecule has 2 fully saturated rings. The first kappa shape index (κ1) is 12.2. The van der Waals surface area contributed by atoms with Gasteiger partial charge in [-0.2, -0.15) is 0 Å². The van der Waals surface area contributed by atoms with Crippen molar-refractivity contribution in [2.75, 3.05) is 13.1 Å². The fourth-order valence-corrected chi connectivity index (χ4v) is 2.94. The number of piperidine rings is 1. The van der Waals surface area contributed by atoms with E-state index in [4.69, 9.17) is 0 Å². The number of quaternary nitrogens is 1. The summed E-state index contributed by atoms with van der Waals surface area (Å²) >= 11 is 0. The van der Waals surface area contributed by atoms with Crippen molar-refractivity contribution in [2.24, 2.45) is 0 Å². The Morgan fingerprint density at radius 3 is 2.26 bits per heavy atom. The molecule has 5 heteroatoms. The number of rotatable bonds is 1. The molecule has 0 radical (unpaired) electrons. The minimum atomic E-state index is -0.661. The zero-order valence-corrected chi connectivity index (χ0v) is 11.0. The van der Waals surface area contributed by atoms with E-state index in [1.807, 2.05) is 0 Å². The number of nitrogens with one attached hydrogen (secondary N) is 3. The van der Waals surface area contributed by atoms with Crippen LogP contribution in [0.4, 0.5) is 10.5 Å². The van der Waals surface area contributed by atoms with Crippen LogP contribution in [0.5, 0.6) is 0 Å². The molecule has 0 atom stereocenters. The molecule has 3 rings (SSSR count). The highest BCUT2D eigenvalue weighted by Crippen LogP contribution is 2.21. The summed E-state index contributed by atoms with van der Waals surface area (Å²) in [5.74, 6) is -0.166. The summed E-state index contributed by atoms with van der Waals surface area (Å²) in [5.41, 5.74) is 1.84. The summed E-state index contributed by atoms with van der Waals surface area (Å²) in [6, 6.07) is 8.13. The number of benzene rings is 1. The van der Waals surface area contributed by atoms with Gasteiger partial charge in [0, 0.05) is 12.8 Å². The van der Waals surface area contributed by atoms with E-state index in [0.717, 1.165) is 13.1 Å². The summed E-state index contributed by atoms with van der Waals surface area (Å²) < 4.78 is 0. The average molecular weight is 260 g/mol. The van der Waals surface area contributed by atoms with E-state index in [0.29, 0.717) is 12.8 Å². The molecule has 1 spiro atoms. The van der Waals surface area contributed by atoms with Crippen LogP contribution in [0.25, 0.3) is 0 Å². The molecule has 19 heavy (non-hydrogen) atoms. The van der Waals surface area contributed by atoms with Gasteiger partial charge in [-0.25, -0.2) is 4.79 Å². The van der Waals surface area contributed by atoms with Crippen LogP contribution in [0, 0.1) is 6.92 Å². The van der Waals surface area contributed by atoms with Crippen LogP contribution >= 0.6 is 0 Å². The second-order valence-electron chi connectivity index (χ2n) is 5.46. The highest BCUT2D eigenvalue weighted by molar-refractivity contribution is 6.07. The highest BCUT2D eigenvalue weighted by atomic mass is 16.2. The van der Waals surface area contributed by atoms with Gasteiger partial charge in [-0.1, -0.05) is 17.7 Å². The molecule has 2 saturated heterocycles. The SMILES string of the molecule is Cc1ccc([NH+]2CCC3(CC2)NC(=O)NC3=O)cc1. The molecule has 3 amide bonds. The molecule has 2 aliphatic rings. The van der Waals surface area contributed by atoms with E-state index in [2.05, 4.69) is 41.8 Å². The number of hydrogen-bond acceptors (Lipinski definition) is 2. The second kappa shape index (κ2) is 4.35. The topological polar surface area (TPSA) is 62.6 Å². The molecule has 100 valence electrons. The maximum Gasteiger partial charge on any atom is 0.322 e. The first-order valence-corrected chi connectivity index (χ1v) is 6.64. The van der Waals surface area contributed by atoms with E-state index in [1.54, 1.807) is 0 Å². The van der Waals surface area contributed by atoms with Crippen molar-refractivity contribution in [1.82, 2.24) is 10.6 Å². The number of imide groups is 1. The quantitative estimate of drug-likeness (QED) is 0.617. The van der Waals surface area contributed by atoms with Gasteiger partial charge in [0.2, 0.25) is 0 Å². The van der Waals surface area contributed by atoms with E-state index in [9.17, 15) is 9.59 Å². The van der Waals surface area contributed by atoms with Crippen LogP contribution in [0.15, 0.2) is 24.3 Å². The Balaban J connectivity index is 1.71. The van der Waals surface area contributed by atoms with Gasteiger partial charge in [-0.15, -0.1) is 0 Å². The molecule has 0 aromatic heterocycles. The van der Waals surface area contributed by atoms with Crippen LogP contribution in [0.3, 0.4) is 0 Å². The lowest BCUT2D eigenvalue weighted by molar-refractivity contribution is -0.839. The van der Waals surface area contributed by atoms with Crippen LogP contribution in [-0.2, 0) is 4.79 Å². The van der Waals surface area contributed by atoms with Crippen molar-refractivity contribution in [3.8, 4) is 0 Å². The van der Waals surface area contributed by atoms with Crippen LogP contribution in [0.2, 0.25) is 0 Å². The molecule has 1 aromatic rings. The number of aryl methyl sites for hydroxylation is 1. The molecule has 0 saturated carbocycles. The smallest absolute Gasteiger partial charge is 0.322 e. The Morgan fingerprint density at radius 2 is 1.74 bits per heavy atom. The normalized spacial score (nSPS) is 30.3. The molecule has 3 N–H and O–H groups in total. The number of amides is 3. The predicted octanol–water partition coefficient (Wildman–Crippen LogP) is -0.117. The number of hydrogen-bond donors (Lipinski definition) is 3. The Bertz CT molecular complexity index is 516. The molecule has 1 aromatic carbocycles. The largest absolute Gasteiger partial charge is 0.323 e. The maximum atomic E-state index is 11.8.